The molecule has 104 valence electrons. The summed E-state index contributed by atoms with van der Waals surface area (Å²) >= 11 is 0. The molecule has 3 rings (SSSR count). The lowest BCUT2D eigenvalue weighted by Crippen LogP contribution is -2.18. The summed E-state index contributed by atoms with van der Waals surface area (Å²) < 4.78 is 0. The third-order valence-electron chi connectivity index (χ3n) is 4.38. The van der Waals surface area contributed by atoms with Crippen molar-refractivity contribution in [3.63, 3.8) is 0 Å². The van der Waals surface area contributed by atoms with Gasteiger partial charge >= 0.3 is 0 Å². The fraction of sp³-hybridized carbons (Fsp3) is 0.389. The monoisotopic (exact) mass is 266 g/mol. The average Bonchev–Trinajstić information content (AvgIpc) is 2.45. The molecule has 0 radical (unpaired) electrons. The zero-order valence-electron chi connectivity index (χ0n) is 11.8. The summed E-state index contributed by atoms with van der Waals surface area (Å²) in [5.41, 5.74) is 10.4. The van der Waals surface area contributed by atoms with Crippen molar-refractivity contribution in [2.24, 2.45) is 5.73 Å². The molecule has 1 fully saturated rings. The Kier molecular flexibility index (Phi) is 4.12. The Morgan fingerprint density at radius 2 is 1.90 bits per heavy atom. The number of hydrogen-bond donors (Lipinski definition) is 1. The van der Waals surface area contributed by atoms with Gasteiger partial charge in [-0.2, -0.15) is 0 Å². The Labute approximate surface area is 121 Å². The fourth-order valence-electron chi connectivity index (χ4n) is 2.94. The molecule has 1 aromatic heterocycles. The van der Waals surface area contributed by atoms with Gasteiger partial charge < -0.3 is 5.73 Å². The van der Waals surface area contributed by atoms with Gasteiger partial charge in [0.25, 0.3) is 0 Å². The zero-order chi connectivity index (χ0) is 13.8. The first-order chi connectivity index (χ1) is 9.84. The lowest BCUT2D eigenvalue weighted by atomic mass is 9.77. The summed E-state index contributed by atoms with van der Waals surface area (Å²) in [6, 6.07) is 14.9. The van der Waals surface area contributed by atoms with Crippen LogP contribution in [0.3, 0.4) is 0 Å². The Morgan fingerprint density at radius 1 is 1.10 bits per heavy atom. The molecule has 1 atom stereocenters. The van der Waals surface area contributed by atoms with Crippen LogP contribution in [0.5, 0.6) is 0 Å². The van der Waals surface area contributed by atoms with Gasteiger partial charge in [-0.3, -0.25) is 4.98 Å². The lowest BCUT2D eigenvalue weighted by Gasteiger charge is -2.29. The standard InChI is InChI=1S/C18H22N2/c19-18(12-11-15-8-3-4-13-20-15)17-10-2-1-9-16(17)14-6-5-7-14/h1-4,8-10,13-14,18H,5-7,11-12,19H2. The molecule has 0 aliphatic heterocycles. The van der Waals surface area contributed by atoms with Gasteiger partial charge in [0, 0.05) is 17.9 Å². The predicted molar refractivity (Wildman–Crippen MR) is 82.5 cm³/mol. The number of hydrogen-bond acceptors (Lipinski definition) is 2. The van der Waals surface area contributed by atoms with E-state index < -0.39 is 0 Å². The summed E-state index contributed by atoms with van der Waals surface area (Å²) in [7, 11) is 0. The minimum atomic E-state index is 0.119. The highest BCUT2D eigenvalue weighted by Gasteiger charge is 2.23. The van der Waals surface area contributed by atoms with Gasteiger partial charge in [0.1, 0.15) is 0 Å². The second-order valence-electron chi connectivity index (χ2n) is 5.72. The van der Waals surface area contributed by atoms with Gasteiger partial charge in [-0.1, -0.05) is 36.8 Å². The third-order valence-corrected chi connectivity index (χ3v) is 4.38. The van der Waals surface area contributed by atoms with Gasteiger partial charge in [0.2, 0.25) is 0 Å². The molecule has 1 unspecified atom stereocenters. The normalized spacial score (nSPS) is 16.6. The molecule has 2 heteroatoms. The topological polar surface area (TPSA) is 38.9 Å². The van der Waals surface area contributed by atoms with E-state index in [0.29, 0.717) is 0 Å². The van der Waals surface area contributed by atoms with Crippen molar-refractivity contribution in [1.29, 1.82) is 0 Å². The summed E-state index contributed by atoms with van der Waals surface area (Å²) in [4.78, 5) is 4.37. The minimum Gasteiger partial charge on any atom is -0.324 e. The Hall–Kier alpha value is -1.67. The van der Waals surface area contributed by atoms with E-state index in [1.54, 1.807) is 0 Å². The maximum atomic E-state index is 6.43. The van der Waals surface area contributed by atoms with Crippen LogP contribution in [-0.4, -0.2) is 4.98 Å². The van der Waals surface area contributed by atoms with E-state index in [9.17, 15) is 0 Å². The molecule has 2 N–H and O–H groups in total. The van der Waals surface area contributed by atoms with Crippen LogP contribution in [0, 0.1) is 0 Å². The van der Waals surface area contributed by atoms with Crippen molar-refractivity contribution < 1.29 is 0 Å². The van der Waals surface area contributed by atoms with E-state index in [-0.39, 0.29) is 6.04 Å². The smallest absolute Gasteiger partial charge is 0.0404 e. The zero-order valence-corrected chi connectivity index (χ0v) is 11.8. The SMILES string of the molecule is NC(CCc1ccccn1)c1ccccc1C1CCC1. The fourth-order valence-corrected chi connectivity index (χ4v) is 2.94. The van der Waals surface area contributed by atoms with Crippen molar-refractivity contribution in [1.82, 2.24) is 4.98 Å². The number of aromatic nitrogens is 1. The first-order valence-corrected chi connectivity index (χ1v) is 7.59. The van der Waals surface area contributed by atoms with Gasteiger partial charge in [0.15, 0.2) is 0 Å². The lowest BCUT2D eigenvalue weighted by molar-refractivity contribution is 0.414. The summed E-state index contributed by atoms with van der Waals surface area (Å²) in [5, 5.41) is 0. The highest BCUT2D eigenvalue weighted by atomic mass is 14.7. The maximum absolute atomic E-state index is 6.43. The van der Waals surface area contributed by atoms with Crippen LogP contribution in [0.4, 0.5) is 0 Å². The summed E-state index contributed by atoms with van der Waals surface area (Å²) in [6.45, 7) is 0. The molecule has 1 heterocycles. The van der Waals surface area contributed by atoms with Gasteiger partial charge in [0.05, 0.1) is 0 Å². The molecule has 1 saturated carbocycles. The molecule has 2 nitrogen and oxygen atoms in total. The van der Waals surface area contributed by atoms with Crippen LogP contribution < -0.4 is 5.73 Å². The van der Waals surface area contributed by atoms with E-state index >= 15 is 0 Å². The maximum Gasteiger partial charge on any atom is 0.0404 e. The molecule has 1 aliphatic carbocycles. The van der Waals surface area contributed by atoms with E-state index in [1.165, 1.54) is 30.4 Å². The minimum absolute atomic E-state index is 0.119. The summed E-state index contributed by atoms with van der Waals surface area (Å²) in [6.07, 6.45) is 7.76. The van der Waals surface area contributed by atoms with Crippen molar-refractivity contribution in [2.45, 2.75) is 44.1 Å². The molecule has 0 amide bonds. The second-order valence-corrected chi connectivity index (χ2v) is 5.72. The quantitative estimate of drug-likeness (QED) is 0.889. The van der Waals surface area contributed by atoms with Crippen LogP contribution in [0.25, 0.3) is 0 Å². The molecule has 0 saturated heterocycles. The molecule has 1 aromatic carbocycles. The molecule has 1 aliphatic rings. The highest BCUT2D eigenvalue weighted by Crippen LogP contribution is 2.39. The molecule has 20 heavy (non-hydrogen) atoms. The Balaban J connectivity index is 1.69. The van der Waals surface area contributed by atoms with Crippen molar-refractivity contribution in [3.8, 4) is 0 Å². The van der Waals surface area contributed by atoms with Gasteiger partial charge in [-0.25, -0.2) is 0 Å². The molecule has 0 spiro atoms. The number of pyridine rings is 1. The van der Waals surface area contributed by atoms with Crippen LogP contribution in [0.1, 0.15) is 54.5 Å². The largest absolute Gasteiger partial charge is 0.324 e. The van der Waals surface area contributed by atoms with Crippen molar-refractivity contribution in [3.05, 3.63) is 65.5 Å². The first-order valence-electron chi connectivity index (χ1n) is 7.59. The molecular weight excluding hydrogens is 244 g/mol. The van der Waals surface area contributed by atoms with Gasteiger partial charge in [-0.05, 0) is 54.9 Å². The Bertz CT molecular complexity index is 546. The summed E-state index contributed by atoms with van der Waals surface area (Å²) in [5.74, 6) is 0.743. The van der Waals surface area contributed by atoms with E-state index in [0.717, 1.165) is 24.5 Å². The van der Waals surface area contributed by atoms with E-state index in [1.807, 2.05) is 18.3 Å². The molecule has 0 bridgehead atoms. The van der Waals surface area contributed by atoms with Gasteiger partial charge in [-0.15, -0.1) is 0 Å². The molecular formula is C18H22N2. The average molecular weight is 266 g/mol. The van der Waals surface area contributed by atoms with Crippen LogP contribution >= 0.6 is 0 Å². The third kappa shape index (κ3) is 2.91. The first kappa shape index (κ1) is 13.3. The number of nitrogens with zero attached hydrogens (tertiary/aromatic N) is 1. The van der Waals surface area contributed by atoms with E-state index in [2.05, 4.69) is 35.3 Å². The van der Waals surface area contributed by atoms with Crippen LogP contribution in [-0.2, 0) is 6.42 Å². The number of aryl methyl sites for hydroxylation is 1. The second kappa shape index (κ2) is 6.19. The Morgan fingerprint density at radius 3 is 2.60 bits per heavy atom. The van der Waals surface area contributed by atoms with Crippen molar-refractivity contribution >= 4 is 0 Å². The predicted octanol–water partition coefficient (Wildman–Crippen LogP) is 3.98. The number of benzene rings is 1. The molecule has 2 aromatic rings. The van der Waals surface area contributed by atoms with Crippen molar-refractivity contribution in [2.75, 3.05) is 0 Å². The van der Waals surface area contributed by atoms with E-state index in [4.69, 9.17) is 5.73 Å². The van der Waals surface area contributed by atoms with Crippen LogP contribution in [0.2, 0.25) is 0 Å². The highest BCUT2D eigenvalue weighted by molar-refractivity contribution is 5.34. The number of nitrogens with two attached hydrogens (primary N) is 1. The number of rotatable bonds is 5. The van der Waals surface area contributed by atoms with Crippen LogP contribution in [0.15, 0.2) is 48.7 Å².